The number of anilines is 1. The summed E-state index contributed by atoms with van der Waals surface area (Å²) in [6, 6.07) is 7.74. The van der Waals surface area contributed by atoms with E-state index in [1.807, 2.05) is 28.8 Å². The lowest BCUT2D eigenvalue weighted by Crippen LogP contribution is -2.03. The maximum atomic E-state index is 6.10. The smallest absolute Gasteiger partial charge is 0.222 e. The van der Waals surface area contributed by atoms with Crippen LogP contribution in [0.3, 0.4) is 0 Å². The monoisotopic (exact) mass is 280 g/mol. The molecule has 0 amide bonds. The summed E-state index contributed by atoms with van der Waals surface area (Å²) in [5, 5.41) is 9.43. The molecule has 0 fully saturated rings. The zero-order valence-corrected chi connectivity index (χ0v) is 11.3. The van der Waals surface area contributed by atoms with Gasteiger partial charge in [0, 0.05) is 17.3 Å². The van der Waals surface area contributed by atoms with Gasteiger partial charge < -0.3 is 5.73 Å². The molecule has 0 aliphatic carbocycles. The molecule has 0 spiro atoms. The summed E-state index contributed by atoms with van der Waals surface area (Å²) in [6.07, 6.45) is 1.76. The van der Waals surface area contributed by atoms with Gasteiger partial charge in [-0.25, -0.2) is 0 Å². The number of hydrogen-bond donors (Lipinski definition) is 1. The minimum absolute atomic E-state index is 0.400. The zero-order chi connectivity index (χ0) is 13.0. The van der Waals surface area contributed by atoms with E-state index >= 15 is 0 Å². The van der Waals surface area contributed by atoms with Crippen molar-refractivity contribution in [3.63, 3.8) is 0 Å². The molecule has 6 heteroatoms. The maximum absolute atomic E-state index is 6.10. The molecule has 0 saturated heterocycles. The summed E-state index contributed by atoms with van der Waals surface area (Å²) in [5.74, 6) is 1.13. The molecule has 0 bridgehead atoms. The molecule has 1 heterocycles. The molecule has 4 nitrogen and oxygen atoms in total. The van der Waals surface area contributed by atoms with E-state index < -0.39 is 0 Å². The highest BCUT2D eigenvalue weighted by molar-refractivity contribution is 7.98. The Labute approximate surface area is 115 Å². The van der Waals surface area contributed by atoms with Crippen LogP contribution in [0.4, 0.5) is 5.95 Å². The Morgan fingerprint density at radius 3 is 2.89 bits per heavy atom. The van der Waals surface area contributed by atoms with Gasteiger partial charge in [0.1, 0.15) is 0 Å². The number of hydrogen-bond acceptors (Lipinski definition) is 4. The average Bonchev–Trinajstić information content (AvgIpc) is 2.71. The number of nitrogens with two attached hydrogens (primary N) is 1. The predicted molar refractivity (Wildman–Crippen MR) is 75.6 cm³/mol. The van der Waals surface area contributed by atoms with E-state index in [4.69, 9.17) is 17.3 Å². The molecule has 2 N–H and O–H groups in total. The SMILES string of the molecule is C=CCn1c(N)nnc1SCc1ccccc1Cl. The van der Waals surface area contributed by atoms with E-state index in [1.54, 1.807) is 17.8 Å². The maximum Gasteiger partial charge on any atom is 0.222 e. The van der Waals surface area contributed by atoms with Crippen molar-refractivity contribution < 1.29 is 0 Å². The topological polar surface area (TPSA) is 56.7 Å². The normalized spacial score (nSPS) is 10.5. The highest BCUT2D eigenvalue weighted by Gasteiger charge is 2.09. The van der Waals surface area contributed by atoms with Crippen molar-refractivity contribution in [3.8, 4) is 0 Å². The van der Waals surface area contributed by atoms with Gasteiger partial charge in [0.25, 0.3) is 0 Å². The Morgan fingerprint density at radius 2 is 2.17 bits per heavy atom. The summed E-state index contributed by atoms with van der Waals surface area (Å²) in [7, 11) is 0. The Hall–Kier alpha value is -1.46. The van der Waals surface area contributed by atoms with Crippen molar-refractivity contribution in [2.75, 3.05) is 5.73 Å². The lowest BCUT2D eigenvalue weighted by Gasteiger charge is -2.05. The highest BCUT2D eigenvalue weighted by Crippen LogP contribution is 2.26. The van der Waals surface area contributed by atoms with Gasteiger partial charge in [0.2, 0.25) is 5.95 Å². The van der Waals surface area contributed by atoms with Crippen molar-refractivity contribution in [2.45, 2.75) is 17.5 Å². The summed E-state index contributed by atoms with van der Waals surface area (Å²) in [6.45, 7) is 4.29. The number of thioether (sulfide) groups is 1. The number of allylic oxidation sites excluding steroid dienone is 1. The third kappa shape index (κ3) is 2.86. The van der Waals surface area contributed by atoms with E-state index in [-0.39, 0.29) is 0 Å². The molecule has 94 valence electrons. The van der Waals surface area contributed by atoms with Crippen LogP contribution in [-0.2, 0) is 12.3 Å². The van der Waals surface area contributed by atoms with Crippen LogP contribution in [-0.4, -0.2) is 14.8 Å². The van der Waals surface area contributed by atoms with Crippen molar-refractivity contribution in [1.82, 2.24) is 14.8 Å². The minimum Gasteiger partial charge on any atom is -0.368 e. The van der Waals surface area contributed by atoms with Crippen LogP contribution in [0.1, 0.15) is 5.56 Å². The second kappa shape index (κ2) is 5.93. The molecule has 18 heavy (non-hydrogen) atoms. The molecule has 0 atom stereocenters. The van der Waals surface area contributed by atoms with Crippen LogP contribution in [0.25, 0.3) is 0 Å². The largest absolute Gasteiger partial charge is 0.368 e. The molecule has 2 rings (SSSR count). The molecule has 2 aromatic rings. The second-order valence-electron chi connectivity index (χ2n) is 3.62. The summed E-state index contributed by atoms with van der Waals surface area (Å²) >= 11 is 7.65. The third-order valence-corrected chi connectivity index (χ3v) is 3.76. The van der Waals surface area contributed by atoms with Gasteiger partial charge in [0.05, 0.1) is 0 Å². The number of nitrogen functional groups attached to an aromatic ring is 1. The fourth-order valence-corrected chi connectivity index (χ4v) is 2.71. The van der Waals surface area contributed by atoms with Gasteiger partial charge >= 0.3 is 0 Å². The standard InChI is InChI=1S/C12H13ClN4S/c1-2-7-17-11(14)15-16-12(17)18-8-9-5-3-4-6-10(9)13/h2-6H,1,7-8H2,(H2,14,15). The highest BCUT2D eigenvalue weighted by atomic mass is 35.5. The van der Waals surface area contributed by atoms with Crippen LogP contribution in [0, 0.1) is 0 Å². The van der Waals surface area contributed by atoms with Crippen LogP contribution >= 0.6 is 23.4 Å². The zero-order valence-electron chi connectivity index (χ0n) is 9.71. The number of rotatable bonds is 5. The Balaban J connectivity index is 2.11. The lowest BCUT2D eigenvalue weighted by atomic mass is 10.2. The summed E-state index contributed by atoms with van der Waals surface area (Å²) < 4.78 is 1.81. The molecule has 1 aromatic carbocycles. The molecule has 0 aliphatic heterocycles. The van der Waals surface area contributed by atoms with Gasteiger partial charge in [-0.15, -0.1) is 16.8 Å². The average molecular weight is 281 g/mol. The third-order valence-electron chi connectivity index (χ3n) is 2.37. The molecule has 1 aromatic heterocycles. The second-order valence-corrected chi connectivity index (χ2v) is 4.97. The summed E-state index contributed by atoms with van der Waals surface area (Å²) in [4.78, 5) is 0. The first-order valence-electron chi connectivity index (χ1n) is 5.38. The Morgan fingerprint density at radius 1 is 1.39 bits per heavy atom. The van der Waals surface area contributed by atoms with Gasteiger partial charge in [0.15, 0.2) is 5.16 Å². The van der Waals surface area contributed by atoms with Crippen molar-refractivity contribution in [1.29, 1.82) is 0 Å². The fraction of sp³-hybridized carbons (Fsp3) is 0.167. The molecule has 0 unspecified atom stereocenters. The van der Waals surface area contributed by atoms with Crippen LogP contribution < -0.4 is 5.73 Å². The first-order chi connectivity index (χ1) is 8.72. The number of nitrogens with zero attached hydrogens (tertiary/aromatic N) is 3. The van der Waals surface area contributed by atoms with Gasteiger partial charge in [-0.05, 0) is 11.6 Å². The Bertz CT molecular complexity index is 553. The first kappa shape index (κ1) is 13.0. The van der Waals surface area contributed by atoms with E-state index in [1.165, 1.54) is 0 Å². The van der Waals surface area contributed by atoms with Gasteiger partial charge in [-0.2, -0.15) is 0 Å². The van der Waals surface area contributed by atoms with Gasteiger partial charge in [-0.3, -0.25) is 4.57 Å². The molecule has 0 saturated carbocycles. The van der Waals surface area contributed by atoms with Crippen LogP contribution in [0.15, 0.2) is 42.1 Å². The van der Waals surface area contributed by atoms with E-state index in [0.717, 1.165) is 21.5 Å². The van der Waals surface area contributed by atoms with E-state index in [2.05, 4.69) is 16.8 Å². The quantitative estimate of drug-likeness (QED) is 0.676. The van der Waals surface area contributed by atoms with Gasteiger partial charge in [-0.1, -0.05) is 47.6 Å². The molecule has 0 aliphatic rings. The van der Waals surface area contributed by atoms with Crippen molar-refractivity contribution >= 4 is 29.3 Å². The first-order valence-corrected chi connectivity index (χ1v) is 6.74. The molecular formula is C12H13ClN4S. The van der Waals surface area contributed by atoms with Crippen molar-refractivity contribution in [3.05, 3.63) is 47.5 Å². The van der Waals surface area contributed by atoms with Crippen molar-refractivity contribution in [2.24, 2.45) is 0 Å². The Kier molecular flexibility index (Phi) is 4.28. The number of halogens is 1. The van der Waals surface area contributed by atoms with E-state index in [9.17, 15) is 0 Å². The molecular weight excluding hydrogens is 268 g/mol. The van der Waals surface area contributed by atoms with E-state index in [0.29, 0.717) is 12.5 Å². The predicted octanol–water partition coefficient (Wildman–Crippen LogP) is 2.99. The fourth-order valence-electron chi connectivity index (χ4n) is 1.47. The lowest BCUT2D eigenvalue weighted by molar-refractivity contribution is 0.733. The minimum atomic E-state index is 0.400. The molecule has 0 radical (unpaired) electrons. The number of benzene rings is 1. The summed E-state index contributed by atoms with van der Waals surface area (Å²) in [5.41, 5.74) is 6.79. The van der Waals surface area contributed by atoms with Crippen LogP contribution in [0.2, 0.25) is 5.02 Å². The van der Waals surface area contributed by atoms with Crippen LogP contribution in [0.5, 0.6) is 0 Å². The number of aromatic nitrogens is 3.